The summed E-state index contributed by atoms with van der Waals surface area (Å²) >= 11 is 5.66. The minimum absolute atomic E-state index is 0.806. The van der Waals surface area contributed by atoms with Crippen LogP contribution in [-0.4, -0.2) is 17.3 Å². The van der Waals surface area contributed by atoms with Crippen molar-refractivity contribution in [1.82, 2.24) is 4.90 Å². The topological polar surface area (TPSA) is 3.24 Å². The predicted octanol–water partition coefficient (Wildman–Crippen LogP) is 3.41. The van der Waals surface area contributed by atoms with E-state index in [-0.39, 0.29) is 0 Å². The Morgan fingerprint density at radius 3 is 2.27 bits per heavy atom. The quantitative estimate of drug-likeness (QED) is 0.546. The first-order chi connectivity index (χ1) is 7.40. The molecule has 0 atom stereocenters. The van der Waals surface area contributed by atoms with Crippen molar-refractivity contribution < 1.29 is 0 Å². The van der Waals surface area contributed by atoms with Gasteiger partial charge in [-0.05, 0) is 30.5 Å². The lowest BCUT2D eigenvalue weighted by atomic mass is 10.1. The molecule has 0 amide bonds. The Labute approximate surface area is 97.0 Å². The molecule has 1 aliphatic heterocycles. The number of hydrogen-bond acceptors (Lipinski definition) is 1. The van der Waals surface area contributed by atoms with Gasteiger partial charge in [0, 0.05) is 19.0 Å². The van der Waals surface area contributed by atoms with Crippen LogP contribution in [0.3, 0.4) is 0 Å². The molecule has 0 saturated carbocycles. The molecule has 0 aromatic heterocycles. The zero-order chi connectivity index (χ0) is 10.5. The van der Waals surface area contributed by atoms with Gasteiger partial charge in [0.1, 0.15) is 0 Å². The fraction of sp³-hybridized carbons (Fsp3) is 0.538. The molecule has 0 spiro atoms. The van der Waals surface area contributed by atoms with Crippen molar-refractivity contribution in [2.45, 2.75) is 32.4 Å². The van der Waals surface area contributed by atoms with Crippen LogP contribution in [0, 0.1) is 0 Å². The summed E-state index contributed by atoms with van der Waals surface area (Å²) in [6, 6.07) is 8.76. The van der Waals surface area contributed by atoms with Gasteiger partial charge in [-0.1, -0.05) is 30.7 Å². The molecule has 0 unspecified atom stereocenters. The number of nitrogens with zero attached hydrogens (tertiary/aromatic N) is 1. The van der Waals surface area contributed by atoms with Gasteiger partial charge in [-0.3, -0.25) is 4.90 Å². The minimum Gasteiger partial charge on any atom is -0.295 e. The second-order valence-corrected chi connectivity index (χ2v) is 4.61. The molecule has 1 aromatic rings. The van der Waals surface area contributed by atoms with Crippen molar-refractivity contribution in [3.05, 3.63) is 35.4 Å². The molecule has 0 N–H and O–H groups in total. The average Bonchev–Trinajstić information content (AvgIpc) is 2.67. The van der Waals surface area contributed by atoms with Crippen LogP contribution in [0.1, 0.15) is 30.4 Å². The van der Waals surface area contributed by atoms with Gasteiger partial charge < -0.3 is 0 Å². The van der Waals surface area contributed by atoms with Crippen LogP contribution in [0.4, 0.5) is 0 Å². The van der Waals surface area contributed by atoms with Gasteiger partial charge in [0.15, 0.2) is 0 Å². The van der Waals surface area contributed by atoms with Gasteiger partial charge in [0.05, 0.1) is 0 Å². The molecule has 1 heterocycles. The molecule has 1 aromatic carbocycles. The van der Waals surface area contributed by atoms with E-state index < -0.39 is 0 Å². The fourth-order valence-electron chi connectivity index (χ4n) is 2.17. The summed E-state index contributed by atoms with van der Waals surface area (Å²) in [6.45, 7) is 3.49. The molecule has 82 valence electrons. The van der Waals surface area contributed by atoms with E-state index in [0.717, 1.165) is 25.4 Å². The van der Waals surface area contributed by atoms with E-state index in [1.165, 1.54) is 30.5 Å². The molecule has 2 heteroatoms. The molecule has 0 bridgehead atoms. The Morgan fingerprint density at radius 1 is 1.00 bits per heavy atom. The van der Waals surface area contributed by atoms with Crippen LogP contribution < -0.4 is 0 Å². The predicted molar refractivity (Wildman–Crippen MR) is 65.1 cm³/mol. The van der Waals surface area contributed by atoms with Crippen LogP contribution in [-0.2, 0) is 13.1 Å². The van der Waals surface area contributed by atoms with E-state index in [0.29, 0.717) is 0 Å². The molecule has 0 aliphatic carbocycles. The molecular formula is C13H18ClN. The molecule has 0 fully saturated rings. The third-order valence-electron chi connectivity index (χ3n) is 3.01. The normalized spacial score (nSPS) is 15.5. The van der Waals surface area contributed by atoms with Crippen LogP contribution in [0.5, 0.6) is 0 Å². The highest BCUT2D eigenvalue weighted by Gasteiger charge is 2.16. The van der Waals surface area contributed by atoms with Crippen molar-refractivity contribution >= 4 is 11.6 Å². The van der Waals surface area contributed by atoms with Gasteiger partial charge in [-0.2, -0.15) is 0 Å². The molecule has 15 heavy (non-hydrogen) atoms. The van der Waals surface area contributed by atoms with E-state index in [1.807, 2.05) is 0 Å². The van der Waals surface area contributed by atoms with E-state index >= 15 is 0 Å². The first kappa shape index (κ1) is 11.0. The number of alkyl halides is 1. The maximum atomic E-state index is 5.66. The minimum atomic E-state index is 0.806. The highest BCUT2D eigenvalue weighted by molar-refractivity contribution is 6.17. The van der Waals surface area contributed by atoms with Crippen molar-refractivity contribution in [2.24, 2.45) is 0 Å². The number of benzene rings is 1. The van der Waals surface area contributed by atoms with Crippen LogP contribution in [0.25, 0.3) is 0 Å². The zero-order valence-electron chi connectivity index (χ0n) is 9.08. The van der Waals surface area contributed by atoms with Gasteiger partial charge >= 0.3 is 0 Å². The van der Waals surface area contributed by atoms with E-state index in [4.69, 9.17) is 11.6 Å². The molecule has 2 rings (SSSR count). The molecule has 1 nitrogen and oxygen atoms in total. The second kappa shape index (κ2) is 5.53. The number of fused-ring (bicyclic) bond motifs is 1. The lowest BCUT2D eigenvalue weighted by Gasteiger charge is -2.13. The Balaban J connectivity index is 1.76. The highest BCUT2D eigenvalue weighted by atomic mass is 35.5. The van der Waals surface area contributed by atoms with Crippen molar-refractivity contribution in [3.8, 4) is 0 Å². The van der Waals surface area contributed by atoms with Gasteiger partial charge in [0.25, 0.3) is 0 Å². The standard InChI is InChI=1S/C13H18ClN/c14-8-4-1-5-9-15-10-12-6-2-3-7-13(12)11-15/h2-3,6-7H,1,4-5,8-11H2. The summed E-state index contributed by atoms with van der Waals surface area (Å²) in [4.78, 5) is 2.53. The van der Waals surface area contributed by atoms with Gasteiger partial charge in [0.2, 0.25) is 0 Å². The maximum Gasteiger partial charge on any atom is 0.0240 e. The smallest absolute Gasteiger partial charge is 0.0240 e. The lowest BCUT2D eigenvalue weighted by Crippen LogP contribution is -2.17. The van der Waals surface area contributed by atoms with Crippen LogP contribution in [0.15, 0.2) is 24.3 Å². The molecule has 0 saturated heterocycles. The van der Waals surface area contributed by atoms with Gasteiger partial charge in [-0.15, -0.1) is 11.6 Å². The highest BCUT2D eigenvalue weighted by Crippen LogP contribution is 2.22. The molecule has 0 radical (unpaired) electrons. The first-order valence-corrected chi connectivity index (χ1v) is 6.28. The summed E-state index contributed by atoms with van der Waals surface area (Å²) in [7, 11) is 0. The maximum absolute atomic E-state index is 5.66. The number of rotatable bonds is 5. The summed E-state index contributed by atoms with van der Waals surface area (Å²) in [5, 5.41) is 0. The van der Waals surface area contributed by atoms with E-state index in [9.17, 15) is 0 Å². The number of hydrogen-bond donors (Lipinski definition) is 0. The van der Waals surface area contributed by atoms with Crippen LogP contribution >= 0.6 is 11.6 Å². The van der Waals surface area contributed by atoms with Crippen molar-refractivity contribution in [2.75, 3.05) is 12.4 Å². The van der Waals surface area contributed by atoms with E-state index in [2.05, 4.69) is 29.2 Å². The summed E-state index contributed by atoms with van der Waals surface area (Å²) < 4.78 is 0. The number of unbranched alkanes of at least 4 members (excludes halogenated alkanes) is 2. The summed E-state index contributed by atoms with van der Waals surface area (Å²) in [5.74, 6) is 0.806. The monoisotopic (exact) mass is 223 g/mol. The molecule has 1 aliphatic rings. The summed E-state index contributed by atoms with van der Waals surface area (Å²) in [5.41, 5.74) is 3.02. The second-order valence-electron chi connectivity index (χ2n) is 4.23. The van der Waals surface area contributed by atoms with Crippen molar-refractivity contribution in [3.63, 3.8) is 0 Å². The lowest BCUT2D eigenvalue weighted by molar-refractivity contribution is 0.277. The Kier molecular flexibility index (Phi) is 4.04. The number of halogens is 1. The first-order valence-electron chi connectivity index (χ1n) is 5.75. The zero-order valence-corrected chi connectivity index (χ0v) is 9.84. The summed E-state index contributed by atoms with van der Waals surface area (Å²) in [6.07, 6.45) is 3.69. The SMILES string of the molecule is ClCCCCCN1Cc2ccccc2C1. The average molecular weight is 224 g/mol. The fourth-order valence-corrected chi connectivity index (χ4v) is 2.36. The molecular weight excluding hydrogens is 206 g/mol. The van der Waals surface area contributed by atoms with Crippen molar-refractivity contribution in [1.29, 1.82) is 0 Å². The van der Waals surface area contributed by atoms with E-state index in [1.54, 1.807) is 0 Å². The third-order valence-corrected chi connectivity index (χ3v) is 3.28. The Morgan fingerprint density at radius 2 is 1.67 bits per heavy atom. The Bertz CT molecular complexity index is 286. The Hall–Kier alpha value is -0.530. The van der Waals surface area contributed by atoms with Crippen LogP contribution in [0.2, 0.25) is 0 Å². The largest absolute Gasteiger partial charge is 0.295 e. The van der Waals surface area contributed by atoms with Gasteiger partial charge in [-0.25, -0.2) is 0 Å². The third kappa shape index (κ3) is 2.96.